The van der Waals surface area contributed by atoms with Crippen molar-refractivity contribution in [1.29, 1.82) is 0 Å². The predicted molar refractivity (Wildman–Crippen MR) is 91.4 cm³/mol. The van der Waals surface area contributed by atoms with Gasteiger partial charge < -0.3 is 10.2 Å². The highest BCUT2D eigenvalue weighted by Gasteiger charge is 2.24. The molecule has 0 bridgehead atoms. The predicted octanol–water partition coefficient (Wildman–Crippen LogP) is 3.58. The molecule has 1 fully saturated rings. The fraction of sp³-hybridized carbons (Fsp3) is 0.444. The van der Waals surface area contributed by atoms with Crippen molar-refractivity contribution in [3.05, 3.63) is 47.5 Å². The van der Waals surface area contributed by atoms with Gasteiger partial charge in [-0.2, -0.15) is 5.10 Å². The number of nitrogens with zero attached hydrogens (tertiary/aromatic N) is 3. The van der Waals surface area contributed by atoms with E-state index in [-0.39, 0.29) is 11.7 Å². The fourth-order valence-corrected chi connectivity index (χ4v) is 3.18. The average molecular weight is 330 g/mol. The number of aromatic nitrogens is 2. The number of carbonyl (C=O) groups is 1. The number of hydrogen-bond acceptors (Lipinski definition) is 2. The number of amides is 2. The highest BCUT2D eigenvalue weighted by molar-refractivity contribution is 5.89. The molecule has 1 aliphatic rings. The van der Waals surface area contributed by atoms with Crippen LogP contribution in [0, 0.1) is 25.6 Å². The summed E-state index contributed by atoms with van der Waals surface area (Å²) in [6.07, 6.45) is 1.87. The molecular formula is C18H23FN4O. The summed E-state index contributed by atoms with van der Waals surface area (Å²) < 4.78 is 15.7. The summed E-state index contributed by atoms with van der Waals surface area (Å²) in [7, 11) is 0. The topological polar surface area (TPSA) is 50.2 Å². The van der Waals surface area contributed by atoms with Gasteiger partial charge in [0.15, 0.2) is 0 Å². The molecule has 3 rings (SSSR count). The maximum atomic E-state index is 13.6. The molecule has 0 spiro atoms. The first-order valence-electron chi connectivity index (χ1n) is 8.34. The summed E-state index contributed by atoms with van der Waals surface area (Å²) in [6.45, 7) is 6.33. The molecule has 0 unspecified atom stereocenters. The molecule has 0 aliphatic carbocycles. The van der Waals surface area contributed by atoms with Crippen molar-refractivity contribution in [3.8, 4) is 0 Å². The van der Waals surface area contributed by atoms with Crippen molar-refractivity contribution in [2.24, 2.45) is 5.92 Å². The molecule has 24 heavy (non-hydrogen) atoms. The van der Waals surface area contributed by atoms with Gasteiger partial charge in [0, 0.05) is 25.3 Å². The number of carbonyl (C=O) groups excluding carboxylic acids is 1. The zero-order valence-corrected chi connectivity index (χ0v) is 14.1. The summed E-state index contributed by atoms with van der Waals surface area (Å²) in [5.74, 6) is 0.103. The third-order valence-electron chi connectivity index (χ3n) is 4.55. The van der Waals surface area contributed by atoms with E-state index in [1.165, 1.54) is 11.8 Å². The number of hydrogen-bond donors (Lipinski definition) is 1. The quantitative estimate of drug-likeness (QED) is 0.935. The molecule has 2 heterocycles. The minimum absolute atomic E-state index is 0.229. The zero-order chi connectivity index (χ0) is 17.1. The van der Waals surface area contributed by atoms with Crippen molar-refractivity contribution >= 4 is 11.7 Å². The van der Waals surface area contributed by atoms with Crippen LogP contribution in [0.4, 0.5) is 14.9 Å². The summed E-state index contributed by atoms with van der Waals surface area (Å²) >= 11 is 0. The molecule has 1 aromatic heterocycles. The molecule has 5 nitrogen and oxygen atoms in total. The molecule has 0 atom stereocenters. The first kappa shape index (κ1) is 16.5. The van der Waals surface area contributed by atoms with Gasteiger partial charge in [0.1, 0.15) is 5.82 Å². The third kappa shape index (κ3) is 3.75. The minimum atomic E-state index is -0.412. The Morgan fingerprint density at radius 3 is 2.62 bits per heavy atom. The van der Waals surface area contributed by atoms with E-state index >= 15 is 0 Å². The number of urea groups is 1. The van der Waals surface area contributed by atoms with Gasteiger partial charge in [-0.05, 0) is 50.8 Å². The smallest absolute Gasteiger partial charge is 0.321 e. The number of aryl methyl sites for hydroxylation is 2. The third-order valence-corrected chi connectivity index (χ3v) is 4.55. The van der Waals surface area contributed by atoms with E-state index < -0.39 is 5.82 Å². The number of nitrogens with one attached hydrogen (secondary N) is 1. The molecular weight excluding hydrogens is 307 g/mol. The Balaban J connectivity index is 1.52. The van der Waals surface area contributed by atoms with Gasteiger partial charge in [0.05, 0.1) is 11.4 Å². The lowest BCUT2D eigenvalue weighted by Gasteiger charge is -2.32. The number of benzene rings is 1. The molecule has 1 N–H and O–H groups in total. The lowest BCUT2D eigenvalue weighted by molar-refractivity contribution is 0.175. The van der Waals surface area contributed by atoms with E-state index in [0.29, 0.717) is 19.0 Å². The SMILES string of the molecule is Cc1cc(C)n(CC2CCN(C(=O)Nc3ccccc3F)CC2)n1. The van der Waals surface area contributed by atoms with E-state index in [0.717, 1.165) is 25.1 Å². The van der Waals surface area contributed by atoms with E-state index in [4.69, 9.17) is 0 Å². The van der Waals surface area contributed by atoms with Crippen LogP contribution in [0.5, 0.6) is 0 Å². The van der Waals surface area contributed by atoms with Crippen LogP contribution in [0.1, 0.15) is 24.2 Å². The molecule has 2 amide bonds. The lowest BCUT2D eigenvalue weighted by atomic mass is 9.97. The Labute approximate surface area is 141 Å². The maximum Gasteiger partial charge on any atom is 0.321 e. The van der Waals surface area contributed by atoms with Crippen molar-refractivity contribution in [2.75, 3.05) is 18.4 Å². The average Bonchev–Trinajstić information content (AvgIpc) is 2.88. The van der Waals surface area contributed by atoms with Crippen LogP contribution in [0.15, 0.2) is 30.3 Å². The summed E-state index contributed by atoms with van der Waals surface area (Å²) in [4.78, 5) is 14.0. The van der Waals surface area contributed by atoms with Crippen LogP contribution >= 0.6 is 0 Å². The van der Waals surface area contributed by atoms with Crippen molar-refractivity contribution in [2.45, 2.75) is 33.2 Å². The highest BCUT2D eigenvalue weighted by atomic mass is 19.1. The largest absolute Gasteiger partial charge is 0.325 e. The molecule has 1 aromatic carbocycles. The fourth-order valence-electron chi connectivity index (χ4n) is 3.18. The lowest BCUT2D eigenvalue weighted by Crippen LogP contribution is -2.41. The van der Waals surface area contributed by atoms with Crippen molar-refractivity contribution < 1.29 is 9.18 Å². The van der Waals surface area contributed by atoms with Gasteiger partial charge in [-0.3, -0.25) is 4.68 Å². The van der Waals surface area contributed by atoms with Crippen LogP contribution in [-0.4, -0.2) is 33.8 Å². The number of piperidine rings is 1. The molecule has 1 aliphatic heterocycles. The summed E-state index contributed by atoms with van der Waals surface area (Å²) in [5, 5.41) is 7.16. The van der Waals surface area contributed by atoms with Crippen LogP contribution in [-0.2, 0) is 6.54 Å². The Hall–Kier alpha value is -2.37. The van der Waals surface area contributed by atoms with Gasteiger partial charge in [0.25, 0.3) is 0 Å². The van der Waals surface area contributed by atoms with Crippen molar-refractivity contribution in [3.63, 3.8) is 0 Å². The van der Waals surface area contributed by atoms with Gasteiger partial charge >= 0.3 is 6.03 Å². The minimum Gasteiger partial charge on any atom is -0.325 e. The van der Waals surface area contributed by atoms with E-state index in [1.807, 2.05) is 6.92 Å². The first-order valence-corrected chi connectivity index (χ1v) is 8.34. The van der Waals surface area contributed by atoms with E-state index in [2.05, 4.69) is 28.1 Å². The Bertz CT molecular complexity index is 720. The van der Waals surface area contributed by atoms with Crippen LogP contribution < -0.4 is 5.32 Å². The molecule has 0 radical (unpaired) electrons. The Morgan fingerprint density at radius 2 is 2.00 bits per heavy atom. The molecule has 1 saturated heterocycles. The van der Waals surface area contributed by atoms with E-state index in [9.17, 15) is 9.18 Å². The van der Waals surface area contributed by atoms with Crippen molar-refractivity contribution in [1.82, 2.24) is 14.7 Å². The number of rotatable bonds is 3. The van der Waals surface area contributed by atoms with E-state index in [1.54, 1.807) is 23.1 Å². The molecule has 2 aromatic rings. The maximum absolute atomic E-state index is 13.6. The van der Waals surface area contributed by atoms with Gasteiger partial charge in [0.2, 0.25) is 0 Å². The zero-order valence-electron chi connectivity index (χ0n) is 14.1. The van der Waals surface area contributed by atoms with Crippen LogP contribution in [0.2, 0.25) is 0 Å². The molecule has 6 heteroatoms. The number of anilines is 1. The first-order chi connectivity index (χ1) is 11.5. The summed E-state index contributed by atoms with van der Waals surface area (Å²) in [5.41, 5.74) is 2.44. The standard InChI is InChI=1S/C18H23FN4O/c1-13-11-14(2)23(21-13)12-15-7-9-22(10-8-15)18(24)20-17-6-4-3-5-16(17)19/h3-6,11,15H,7-10,12H2,1-2H3,(H,20,24). The Morgan fingerprint density at radius 1 is 1.29 bits per heavy atom. The van der Waals surface area contributed by atoms with Crippen LogP contribution in [0.3, 0.4) is 0 Å². The van der Waals surface area contributed by atoms with Crippen LogP contribution in [0.25, 0.3) is 0 Å². The second-order valence-corrected chi connectivity index (χ2v) is 6.45. The highest BCUT2D eigenvalue weighted by Crippen LogP contribution is 2.21. The van der Waals surface area contributed by atoms with Gasteiger partial charge in [-0.1, -0.05) is 12.1 Å². The normalized spacial score (nSPS) is 15.5. The number of para-hydroxylation sites is 1. The molecule has 128 valence electrons. The second kappa shape index (κ2) is 7.03. The van der Waals surface area contributed by atoms with Gasteiger partial charge in [-0.25, -0.2) is 9.18 Å². The Kier molecular flexibility index (Phi) is 4.83. The number of halogens is 1. The monoisotopic (exact) mass is 330 g/mol. The molecule has 0 saturated carbocycles. The summed E-state index contributed by atoms with van der Waals surface area (Å²) in [6, 6.07) is 8.08. The second-order valence-electron chi connectivity index (χ2n) is 6.45. The number of likely N-dealkylation sites (tertiary alicyclic amines) is 1. The van der Waals surface area contributed by atoms with Gasteiger partial charge in [-0.15, -0.1) is 0 Å².